The molecule has 1 heterocycles. The Morgan fingerprint density at radius 2 is 2.04 bits per heavy atom. The lowest BCUT2D eigenvalue weighted by Crippen LogP contribution is -2.13. The van der Waals surface area contributed by atoms with Crippen molar-refractivity contribution >= 4 is 32.6 Å². The summed E-state index contributed by atoms with van der Waals surface area (Å²) in [7, 11) is 1.41. The topological polar surface area (TPSA) is 51.2 Å². The summed E-state index contributed by atoms with van der Waals surface area (Å²) < 4.78 is 32.8. The van der Waals surface area contributed by atoms with E-state index in [1.807, 2.05) is 0 Å². The number of fused-ring (bicyclic) bond motifs is 1. The zero-order valence-corrected chi connectivity index (χ0v) is 13.1. The van der Waals surface area contributed by atoms with Gasteiger partial charge in [-0.3, -0.25) is 10.1 Å². The Morgan fingerprint density at radius 1 is 1.26 bits per heavy atom. The maximum atomic E-state index is 13.8. The number of nitrogens with zero attached hydrogens (tertiary/aromatic N) is 1. The van der Waals surface area contributed by atoms with E-state index < -0.39 is 17.5 Å². The Morgan fingerprint density at radius 3 is 2.78 bits per heavy atom. The highest BCUT2D eigenvalue weighted by Gasteiger charge is 2.16. The summed E-state index contributed by atoms with van der Waals surface area (Å²) in [6, 6.07) is 6.79. The predicted molar refractivity (Wildman–Crippen MR) is 85.2 cm³/mol. The molecule has 0 fully saturated rings. The molecule has 1 N–H and O–H groups in total. The van der Waals surface area contributed by atoms with Gasteiger partial charge in [-0.1, -0.05) is 23.0 Å². The van der Waals surface area contributed by atoms with Crippen molar-refractivity contribution in [2.24, 2.45) is 0 Å². The zero-order valence-electron chi connectivity index (χ0n) is 12.3. The van der Waals surface area contributed by atoms with Crippen LogP contribution in [-0.4, -0.2) is 18.0 Å². The van der Waals surface area contributed by atoms with Crippen molar-refractivity contribution in [3.8, 4) is 5.75 Å². The second kappa shape index (κ2) is 5.92. The number of methoxy groups -OCH3 is 1. The van der Waals surface area contributed by atoms with E-state index in [0.717, 1.165) is 16.9 Å². The molecule has 7 heteroatoms. The van der Waals surface area contributed by atoms with Crippen LogP contribution in [0.3, 0.4) is 0 Å². The number of halogens is 2. The molecule has 2 aromatic carbocycles. The van der Waals surface area contributed by atoms with Gasteiger partial charge in [0.15, 0.2) is 5.13 Å². The number of hydrogen-bond donors (Lipinski definition) is 1. The molecular weight excluding hydrogens is 322 g/mol. The average Bonchev–Trinajstić information content (AvgIpc) is 2.90. The van der Waals surface area contributed by atoms with Gasteiger partial charge >= 0.3 is 0 Å². The van der Waals surface area contributed by atoms with Gasteiger partial charge in [-0.2, -0.15) is 0 Å². The largest absolute Gasteiger partial charge is 0.494 e. The van der Waals surface area contributed by atoms with E-state index in [1.54, 1.807) is 13.0 Å². The van der Waals surface area contributed by atoms with Crippen molar-refractivity contribution in [2.75, 3.05) is 12.4 Å². The van der Waals surface area contributed by atoms with Crippen molar-refractivity contribution in [3.63, 3.8) is 0 Å². The number of carbonyl (C=O) groups is 1. The molecule has 0 aliphatic carbocycles. The quantitative estimate of drug-likeness (QED) is 0.783. The van der Waals surface area contributed by atoms with Crippen molar-refractivity contribution in [1.29, 1.82) is 0 Å². The van der Waals surface area contributed by atoms with E-state index in [0.29, 0.717) is 10.2 Å². The van der Waals surface area contributed by atoms with Crippen molar-refractivity contribution in [3.05, 3.63) is 53.1 Å². The third-order valence-corrected chi connectivity index (χ3v) is 4.15. The van der Waals surface area contributed by atoms with Gasteiger partial charge in [0.05, 0.1) is 17.4 Å². The minimum atomic E-state index is -0.613. The lowest BCUT2D eigenvalue weighted by atomic mass is 10.1. The van der Waals surface area contributed by atoms with Crippen molar-refractivity contribution in [1.82, 2.24) is 4.98 Å². The van der Waals surface area contributed by atoms with Crippen LogP contribution in [0.15, 0.2) is 30.3 Å². The maximum absolute atomic E-state index is 13.8. The zero-order chi connectivity index (χ0) is 16.6. The summed E-state index contributed by atoms with van der Waals surface area (Å²) in [5, 5.41) is 2.78. The Hall–Kier alpha value is -2.54. The van der Waals surface area contributed by atoms with Crippen LogP contribution in [0.1, 0.15) is 15.9 Å². The highest BCUT2D eigenvalue weighted by atomic mass is 32.1. The molecule has 0 aliphatic rings. The van der Waals surface area contributed by atoms with Gasteiger partial charge in [0.2, 0.25) is 0 Å². The molecule has 3 rings (SSSR count). The second-order valence-corrected chi connectivity index (χ2v) is 5.94. The molecule has 23 heavy (non-hydrogen) atoms. The molecule has 118 valence electrons. The number of thiazole rings is 1. The minimum Gasteiger partial charge on any atom is -0.494 e. The van der Waals surface area contributed by atoms with E-state index in [9.17, 15) is 13.6 Å². The van der Waals surface area contributed by atoms with E-state index in [-0.39, 0.29) is 16.4 Å². The number of benzene rings is 2. The number of ether oxygens (including phenoxy) is 1. The SMILES string of the molecule is COc1cc(F)cc2sc(NC(=O)c3cc(C)ccc3F)nc12. The van der Waals surface area contributed by atoms with Crippen molar-refractivity contribution in [2.45, 2.75) is 6.92 Å². The number of carbonyl (C=O) groups excluding carboxylic acids is 1. The Balaban J connectivity index is 1.95. The summed E-state index contributed by atoms with van der Waals surface area (Å²) in [6.45, 7) is 1.77. The number of rotatable bonds is 3. The third kappa shape index (κ3) is 3.00. The first-order valence-electron chi connectivity index (χ1n) is 6.69. The number of hydrogen-bond acceptors (Lipinski definition) is 4. The van der Waals surface area contributed by atoms with Crippen LogP contribution in [-0.2, 0) is 0 Å². The van der Waals surface area contributed by atoms with E-state index in [2.05, 4.69) is 10.3 Å². The van der Waals surface area contributed by atoms with Gasteiger partial charge in [0.1, 0.15) is 22.9 Å². The fraction of sp³-hybridized carbons (Fsp3) is 0.125. The third-order valence-electron chi connectivity index (χ3n) is 3.23. The van der Waals surface area contributed by atoms with E-state index >= 15 is 0 Å². The van der Waals surface area contributed by atoms with Gasteiger partial charge in [-0.15, -0.1) is 0 Å². The number of aromatic nitrogens is 1. The monoisotopic (exact) mass is 334 g/mol. The Labute approximate surface area is 134 Å². The number of amides is 1. The van der Waals surface area contributed by atoms with Gasteiger partial charge < -0.3 is 4.74 Å². The summed E-state index contributed by atoms with van der Waals surface area (Å²) in [6.07, 6.45) is 0. The van der Waals surface area contributed by atoms with Gasteiger partial charge in [-0.05, 0) is 25.1 Å². The van der Waals surface area contributed by atoms with Crippen LogP contribution in [0, 0.1) is 18.6 Å². The number of nitrogens with one attached hydrogen (secondary N) is 1. The van der Waals surface area contributed by atoms with Crippen LogP contribution in [0.2, 0.25) is 0 Å². The smallest absolute Gasteiger partial charge is 0.260 e. The Bertz CT molecular complexity index is 908. The van der Waals surface area contributed by atoms with Crippen LogP contribution in [0.25, 0.3) is 10.2 Å². The summed E-state index contributed by atoms with van der Waals surface area (Å²) in [5.74, 6) is -1.40. The van der Waals surface area contributed by atoms with Crippen LogP contribution in [0.5, 0.6) is 5.75 Å². The molecule has 4 nitrogen and oxygen atoms in total. The molecule has 1 amide bonds. The first-order valence-corrected chi connectivity index (χ1v) is 7.51. The van der Waals surface area contributed by atoms with E-state index in [1.165, 1.54) is 31.4 Å². The first-order chi connectivity index (χ1) is 11.0. The summed E-state index contributed by atoms with van der Waals surface area (Å²) in [5.41, 5.74) is 1.14. The fourth-order valence-electron chi connectivity index (χ4n) is 2.15. The first kappa shape index (κ1) is 15.4. The molecular formula is C16H12F2N2O2S. The lowest BCUT2D eigenvalue weighted by molar-refractivity contribution is 0.102. The molecule has 0 saturated heterocycles. The molecule has 0 saturated carbocycles. The molecule has 0 radical (unpaired) electrons. The predicted octanol–water partition coefficient (Wildman–Crippen LogP) is 4.14. The van der Waals surface area contributed by atoms with E-state index in [4.69, 9.17) is 4.74 Å². The van der Waals surface area contributed by atoms with Crippen LogP contribution in [0.4, 0.5) is 13.9 Å². The van der Waals surface area contributed by atoms with Crippen LogP contribution < -0.4 is 10.1 Å². The number of anilines is 1. The highest BCUT2D eigenvalue weighted by Crippen LogP contribution is 2.33. The van der Waals surface area contributed by atoms with Crippen molar-refractivity contribution < 1.29 is 18.3 Å². The molecule has 0 atom stereocenters. The lowest BCUT2D eigenvalue weighted by Gasteiger charge is -2.04. The number of aryl methyl sites for hydroxylation is 1. The minimum absolute atomic E-state index is 0.0672. The highest BCUT2D eigenvalue weighted by molar-refractivity contribution is 7.22. The van der Waals surface area contributed by atoms with Crippen LogP contribution >= 0.6 is 11.3 Å². The molecule has 3 aromatic rings. The normalized spacial score (nSPS) is 10.8. The molecule has 1 aromatic heterocycles. The van der Waals surface area contributed by atoms with Gasteiger partial charge in [-0.25, -0.2) is 13.8 Å². The molecule has 0 aliphatic heterocycles. The summed E-state index contributed by atoms with van der Waals surface area (Å²) in [4.78, 5) is 16.4. The molecule has 0 bridgehead atoms. The molecule has 0 spiro atoms. The Kier molecular flexibility index (Phi) is 3.96. The standard InChI is InChI=1S/C16H12F2N2O2S/c1-8-3-4-11(18)10(5-8)15(21)20-16-19-14-12(22-2)6-9(17)7-13(14)23-16/h3-7H,1-2H3,(H,19,20,21). The molecule has 0 unspecified atom stereocenters. The average molecular weight is 334 g/mol. The van der Waals surface area contributed by atoms with Gasteiger partial charge in [0, 0.05) is 6.07 Å². The second-order valence-electron chi connectivity index (χ2n) is 4.91. The summed E-state index contributed by atoms with van der Waals surface area (Å²) >= 11 is 1.09. The fourth-order valence-corrected chi connectivity index (χ4v) is 3.06. The van der Waals surface area contributed by atoms with Gasteiger partial charge in [0.25, 0.3) is 5.91 Å². The maximum Gasteiger partial charge on any atom is 0.260 e.